The molecule has 3 N–H and O–H groups in total. The third kappa shape index (κ3) is 2.90. The Balaban J connectivity index is 1.67. The van der Waals surface area contributed by atoms with E-state index in [-0.39, 0.29) is 5.91 Å². The van der Waals surface area contributed by atoms with Crippen LogP contribution in [0.1, 0.15) is 17.0 Å². The third-order valence-electron chi connectivity index (χ3n) is 3.60. The van der Waals surface area contributed by atoms with Gasteiger partial charge in [0.15, 0.2) is 0 Å². The zero-order valence-electron chi connectivity index (χ0n) is 12.5. The van der Waals surface area contributed by atoms with E-state index in [4.69, 9.17) is 0 Å². The van der Waals surface area contributed by atoms with Gasteiger partial charge in [0, 0.05) is 16.9 Å². The van der Waals surface area contributed by atoms with Crippen molar-refractivity contribution in [2.24, 2.45) is 0 Å². The van der Waals surface area contributed by atoms with Crippen molar-refractivity contribution in [1.82, 2.24) is 20.2 Å². The molecule has 3 rings (SSSR count). The van der Waals surface area contributed by atoms with Gasteiger partial charge in [0.2, 0.25) is 5.91 Å². The maximum Gasteiger partial charge on any atom is 0.228 e. The lowest BCUT2D eigenvalue weighted by molar-refractivity contribution is -0.115. The Morgan fingerprint density at radius 3 is 2.59 bits per heavy atom. The van der Waals surface area contributed by atoms with Gasteiger partial charge in [0.1, 0.15) is 0 Å². The molecule has 0 atom stereocenters. The van der Waals surface area contributed by atoms with E-state index in [1.807, 2.05) is 38.1 Å². The van der Waals surface area contributed by atoms with E-state index in [1.54, 1.807) is 12.5 Å². The van der Waals surface area contributed by atoms with Crippen molar-refractivity contribution in [2.45, 2.75) is 20.3 Å². The average molecular weight is 295 g/mol. The van der Waals surface area contributed by atoms with Gasteiger partial charge in [-0.3, -0.25) is 9.89 Å². The number of nitrogens with one attached hydrogen (secondary N) is 3. The second-order valence-corrected chi connectivity index (χ2v) is 5.18. The highest BCUT2D eigenvalue weighted by atomic mass is 16.1. The molecule has 0 fully saturated rings. The molecule has 1 amide bonds. The monoisotopic (exact) mass is 295 g/mol. The number of amides is 1. The fourth-order valence-electron chi connectivity index (χ4n) is 2.35. The summed E-state index contributed by atoms with van der Waals surface area (Å²) in [5.74, 6) is -0.0538. The number of H-pyrrole nitrogens is 2. The minimum Gasteiger partial charge on any atom is -0.345 e. The summed E-state index contributed by atoms with van der Waals surface area (Å²) in [6.07, 6.45) is 3.72. The van der Waals surface area contributed by atoms with E-state index in [9.17, 15) is 4.79 Å². The Kier molecular flexibility index (Phi) is 3.74. The van der Waals surface area contributed by atoms with E-state index in [2.05, 4.69) is 25.5 Å². The van der Waals surface area contributed by atoms with Crippen molar-refractivity contribution in [3.8, 4) is 11.3 Å². The number of anilines is 1. The summed E-state index contributed by atoms with van der Waals surface area (Å²) in [6, 6.07) is 7.64. The van der Waals surface area contributed by atoms with Crippen molar-refractivity contribution in [3.63, 3.8) is 0 Å². The third-order valence-corrected chi connectivity index (χ3v) is 3.60. The van der Waals surface area contributed by atoms with Gasteiger partial charge in [0.05, 0.1) is 30.3 Å². The second kappa shape index (κ2) is 5.85. The van der Waals surface area contributed by atoms with Gasteiger partial charge >= 0.3 is 0 Å². The maximum atomic E-state index is 12.1. The Labute approximate surface area is 128 Å². The molecule has 0 saturated heterocycles. The minimum atomic E-state index is -0.0538. The first-order valence-corrected chi connectivity index (χ1v) is 7.02. The summed E-state index contributed by atoms with van der Waals surface area (Å²) in [4.78, 5) is 19.2. The lowest BCUT2D eigenvalue weighted by Crippen LogP contribution is -2.15. The van der Waals surface area contributed by atoms with Crippen molar-refractivity contribution >= 4 is 11.6 Å². The quantitative estimate of drug-likeness (QED) is 0.691. The predicted octanol–water partition coefficient (Wildman–Crippen LogP) is 2.60. The Bertz CT molecular complexity index is 752. The summed E-state index contributed by atoms with van der Waals surface area (Å²) in [7, 11) is 0. The molecule has 3 aromatic rings. The number of hydrogen-bond donors (Lipinski definition) is 3. The maximum absolute atomic E-state index is 12.1. The molecule has 6 nitrogen and oxygen atoms in total. The summed E-state index contributed by atoms with van der Waals surface area (Å²) in [5, 5.41) is 9.89. The largest absolute Gasteiger partial charge is 0.345 e. The molecule has 0 aliphatic carbocycles. The van der Waals surface area contributed by atoms with Crippen LogP contribution in [0.5, 0.6) is 0 Å². The summed E-state index contributed by atoms with van der Waals surface area (Å²) < 4.78 is 0. The smallest absolute Gasteiger partial charge is 0.228 e. The number of benzene rings is 1. The van der Waals surface area contributed by atoms with E-state index < -0.39 is 0 Å². The summed E-state index contributed by atoms with van der Waals surface area (Å²) in [6.45, 7) is 3.81. The molecule has 0 radical (unpaired) electrons. The van der Waals surface area contributed by atoms with Gasteiger partial charge in [-0.1, -0.05) is 12.1 Å². The highest BCUT2D eigenvalue weighted by Gasteiger charge is 2.11. The van der Waals surface area contributed by atoms with Gasteiger partial charge in [-0.2, -0.15) is 5.10 Å². The van der Waals surface area contributed by atoms with Gasteiger partial charge in [-0.25, -0.2) is 4.98 Å². The van der Waals surface area contributed by atoms with Gasteiger partial charge in [0.25, 0.3) is 0 Å². The van der Waals surface area contributed by atoms with Crippen LogP contribution in [0.4, 0.5) is 5.69 Å². The first-order chi connectivity index (χ1) is 10.6. The number of aryl methyl sites for hydroxylation is 2. The van der Waals surface area contributed by atoms with Crippen LogP contribution >= 0.6 is 0 Å². The Morgan fingerprint density at radius 2 is 2.00 bits per heavy atom. The van der Waals surface area contributed by atoms with Crippen LogP contribution in [0.25, 0.3) is 11.3 Å². The predicted molar refractivity (Wildman–Crippen MR) is 84.4 cm³/mol. The van der Waals surface area contributed by atoms with Crippen LogP contribution in [-0.4, -0.2) is 26.1 Å². The fraction of sp³-hybridized carbons (Fsp3) is 0.188. The molecule has 6 heteroatoms. The molecular weight excluding hydrogens is 278 g/mol. The van der Waals surface area contributed by atoms with Crippen LogP contribution < -0.4 is 5.32 Å². The number of nitrogens with zero attached hydrogens (tertiary/aromatic N) is 2. The fourth-order valence-corrected chi connectivity index (χ4v) is 2.35. The number of carbonyl (C=O) groups excluding carboxylic acids is 1. The average Bonchev–Trinajstić information content (AvgIpc) is 3.14. The van der Waals surface area contributed by atoms with Crippen LogP contribution in [0, 0.1) is 13.8 Å². The van der Waals surface area contributed by atoms with E-state index in [0.717, 1.165) is 33.9 Å². The number of rotatable bonds is 4. The summed E-state index contributed by atoms with van der Waals surface area (Å²) in [5.41, 5.74) is 5.49. The Hall–Kier alpha value is -2.89. The van der Waals surface area contributed by atoms with Crippen LogP contribution in [0.15, 0.2) is 36.8 Å². The highest BCUT2D eigenvalue weighted by molar-refractivity contribution is 5.92. The molecule has 0 aliphatic rings. The van der Waals surface area contributed by atoms with Gasteiger partial charge in [-0.05, 0) is 31.5 Å². The zero-order chi connectivity index (χ0) is 15.5. The number of aromatic nitrogens is 4. The lowest BCUT2D eigenvalue weighted by Gasteiger charge is -2.06. The number of aromatic amines is 2. The highest BCUT2D eigenvalue weighted by Crippen LogP contribution is 2.19. The van der Waals surface area contributed by atoms with E-state index in [1.165, 1.54) is 0 Å². The SMILES string of the molecule is Cc1n[nH]c(C)c1CC(=O)Nc1ccc(-c2cnc[nH]2)cc1. The molecule has 112 valence electrons. The zero-order valence-corrected chi connectivity index (χ0v) is 12.5. The molecule has 0 bridgehead atoms. The van der Waals surface area contributed by atoms with Crippen molar-refractivity contribution in [3.05, 3.63) is 53.7 Å². The first-order valence-electron chi connectivity index (χ1n) is 7.02. The molecule has 2 heterocycles. The summed E-state index contributed by atoms with van der Waals surface area (Å²) >= 11 is 0. The Morgan fingerprint density at radius 1 is 1.23 bits per heavy atom. The van der Waals surface area contributed by atoms with Crippen LogP contribution in [-0.2, 0) is 11.2 Å². The second-order valence-electron chi connectivity index (χ2n) is 5.18. The molecule has 22 heavy (non-hydrogen) atoms. The molecule has 0 saturated carbocycles. The number of hydrogen-bond acceptors (Lipinski definition) is 3. The van der Waals surface area contributed by atoms with Crippen molar-refractivity contribution < 1.29 is 4.79 Å². The first kappa shape index (κ1) is 14.1. The standard InChI is InChI=1S/C16H17N5O/c1-10-14(11(2)21-20-10)7-16(22)19-13-5-3-12(4-6-13)15-8-17-9-18-15/h3-6,8-9H,7H2,1-2H3,(H,17,18)(H,19,22)(H,20,21). The molecule has 2 aromatic heterocycles. The normalized spacial score (nSPS) is 10.6. The number of imidazole rings is 1. The van der Waals surface area contributed by atoms with Crippen LogP contribution in [0.2, 0.25) is 0 Å². The van der Waals surface area contributed by atoms with Gasteiger partial charge < -0.3 is 10.3 Å². The lowest BCUT2D eigenvalue weighted by atomic mass is 10.1. The van der Waals surface area contributed by atoms with E-state index >= 15 is 0 Å². The van der Waals surface area contributed by atoms with Crippen LogP contribution in [0.3, 0.4) is 0 Å². The van der Waals surface area contributed by atoms with Crippen molar-refractivity contribution in [1.29, 1.82) is 0 Å². The topological polar surface area (TPSA) is 86.5 Å². The molecule has 0 unspecified atom stereocenters. The molecule has 1 aromatic carbocycles. The van der Waals surface area contributed by atoms with Crippen molar-refractivity contribution in [2.75, 3.05) is 5.32 Å². The van der Waals surface area contributed by atoms with E-state index in [0.29, 0.717) is 6.42 Å². The minimum absolute atomic E-state index is 0.0538. The molecule has 0 spiro atoms. The number of carbonyl (C=O) groups is 1. The molecular formula is C16H17N5O. The van der Waals surface area contributed by atoms with Gasteiger partial charge in [-0.15, -0.1) is 0 Å². The molecule has 0 aliphatic heterocycles.